The van der Waals surface area contributed by atoms with Crippen LogP contribution < -0.4 is 4.72 Å². The molecule has 0 saturated heterocycles. The maximum Gasteiger partial charge on any atom is 0.150 e. The van der Waals surface area contributed by atoms with Gasteiger partial charge in [-0.3, -0.25) is 0 Å². The molecule has 1 unspecified atom stereocenters. The van der Waals surface area contributed by atoms with Crippen molar-refractivity contribution in [3.63, 3.8) is 0 Å². The van der Waals surface area contributed by atoms with Crippen molar-refractivity contribution in [2.24, 2.45) is 0 Å². The summed E-state index contributed by atoms with van der Waals surface area (Å²) in [7, 11) is 0.884. The van der Waals surface area contributed by atoms with Crippen molar-refractivity contribution in [3.05, 3.63) is 71.8 Å². The highest BCUT2D eigenvalue weighted by atomic mass is 32.2. The quantitative estimate of drug-likeness (QED) is 0.785. The lowest BCUT2D eigenvalue weighted by Crippen LogP contribution is -2.26. The molecule has 0 amide bonds. The highest BCUT2D eigenvalue weighted by molar-refractivity contribution is 7.86. The molecule has 3 aromatic carbocycles. The molecule has 1 atom stereocenters. The van der Waals surface area contributed by atoms with Gasteiger partial charge in [-0.15, -0.1) is 0 Å². The van der Waals surface area contributed by atoms with Gasteiger partial charge in [0.2, 0.25) is 0 Å². The van der Waals surface area contributed by atoms with Gasteiger partial charge >= 0.3 is 0 Å². The van der Waals surface area contributed by atoms with Gasteiger partial charge in [0.05, 0.1) is 4.90 Å². The molecule has 3 nitrogen and oxygen atoms in total. The van der Waals surface area contributed by atoms with Crippen LogP contribution in [-0.4, -0.2) is 22.7 Å². The minimum Gasteiger partial charge on any atom is -0.302 e. The van der Waals surface area contributed by atoms with E-state index in [-0.39, 0.29) is 0 Å². The largest absolute Gasteiger partial charge is 0.302 e. The number of likely N-dealkylation sites (N-methyl/N-ethyl adjacent to an activating group) is 1. The summed E-state index contributed by atoms with van der Waals surface area (Å²) in [6.07, 6.45) is 1.05. The minimum absolute atomic E-state index is 0.797. The Morgan fingerprint density at radius 2 is 1.79 bits per heavy atom. The zero-order valence-corrected chi connectivity index (χ0v) is 14.5. The fourth-order valence-electron chi connectivity index (χ4n) is 3.21. The summed E-state index contributed by atoms with van der Waals surface area (Å²) < 4.78 is 15.8. The molecule has 0 aliphatic carbocycles. The Morgan fingerprint density at radius 3 is 2.67 bits per heavy atom. The van der Waals surface area contributed by atoms with E-state index in [4.69, 9.17) is 0 Å². The Bertz CT molecular complexity index is 922. The van der Waals surface area contributed by atoms with Crippen molar-refractivity contribution < 1.29 is 4.21 Å². The molecular weight excluding hydrogens is 316 g/mol. The SMILES string of the molecule is CN1CCc2cc(NS(=O)c3ccc4ccccc4c3)ccc2C1. The Balaban J connectivity index is 1.57. The van der Waals surface area contributed by atoms with Crippen molar-refractivity contribution in [1.82, 2.24) is 4.90 Å². The second kappa shape index (κ2) is 6.38. The fourth-order valence-corrected chi connectivity index (χ4v) is 4.09. The molecule has 1 heterocycles. The molecule has 4 rings (SSSR count). The predicted molar refractivity (Wildman–Crippen MR) is 100 cm³/mol. The number of hydrogen-bond acceptors (Lipinski definition) is 2. The molecule has 1 N–H and O–H groups in total. The molecule has 0 fully saturated rings. The molecule has 0 radical (unpaired) electrons. The molecule has 4 heteroatoms. The van der Waals surface area contributed by atoms with Crippen LogP contribution in [0.5, 0.6) is 0 Å². The number of nitrogens with one attached hydrogen (secondary N) is 1. The Labute approximate surface area is 144 Å². The third-order valence-corrected chi connectivity index (χ3v) is 5.66. The first-order valence-corrected chi connectivity index (χ1v) is 9.31. The van der Waals surface area contributed by atoms with E-state index in [0.29, 0.717) is 0 Å². The van der Waals surface area contributed by atoms with Gasteiger partial charge in [0.25, 0.3) is 0 Å². The van der Waals surface area contributed by atoms with Crippen LogP contribution in [0, 0.1) is 0 Å². The van der Waals surface area contributed by atoms with Crippen LogP contribution >= 0.6 is 0 Å². The first-order chi connectivity index (χ1) is 11.7. The normalized spacial score (nSPS) is 15.9. The number of hydrogen-bond donors (Lipinski definition) is 1. The summed E-state index contributed by atoms with van der Waals surface area (Å²) in [5.41, 5.74) is 3.64. The summed E-state index contributed by atoms with van der Waals surface area (Å²) in [4.78, 5) is 3.12. The lowest BCUT2D eigenvalue weighted by atomic mass is 10.00. The predicted octanol–water partition coefficient (Wildman–Crippen LogP) is 3.96. The van der Waals surface area contributed by atoms with Gasteiger partial charge < -0.3 is 9.62 Å². The zero-order chi connectivity index (χ0) is 16.5. The molecule has 3 aromatic rings. The molecule has 1 aliphatic heterocycles. The van der Waals surface area contributed by atoms with Crippen LogP contribution in [0.1, 0.15) is 11.1 Å². The van der Waals surface area contributed by atoms with E-state index in [0.717, 1.165) is 40.9 Å². The molecule has 0 spiro atoms. The third-order valence-electron chi connectivity index (χ3n) is 4.55. The summed E-state index contributed by atoms with van der Waals surface area (Å²) in [6, 6.07) is 20.4. The standard InChI is InChI=1S/C20H20N2OS/c1-22-11-10-17-12-19(8-6-18(17)14-22)21-24(23)20-9-7-15-4-2-3-5-16(15)13-20/h2-9,12-13,21H,10-11,14H2,1H3. The molecule has 0 aromatic heterocycles. The zero-order valence-electron chi connectivity index (χ0n) is 13.7. The summed E-state index contributed by atoms with van der Waals surface area (Å²) in [5.74, 6) is 0. The summed E-state index contributed by atoms with van der Waals surface area (Å²) in [5, 5.41) is 2.27. The van der Waals surface area contributed by atoms with Gasteiger partial charge in [-0.25, -0.2) is 4.21 Å². The smallest absolute Gasteiger partial charge is 0.150 e. The monoisotopic (exact) mass is 336 g/mol. The Morgan fingerprint density at radius 1 is 0.958 bits per heavy atom. The van der Waals surface area contributed by atoms with Crippen molar-refractivity contribution in [1.29, 1.82) is 0 Å². The van der Waals surface area contributed by atoms with Crippen LogP contribution in [-0.2, 0) is 24.0 Å². The second-order valence-electron chi connectivity index (χ2n) is 6.35. The van der Waals surface area contributed by atoms with Crippen molar-refractivity contribution >= 4 is 27.4 Å². The molecule has 1 aliphatic rings. The van der Waals surface area contributed by atoms with Gasteiger partial charge in [-0.05, 0) is 59.6 Å². The maximum absolute atomic E-state index is 12.7. The number of anilines is 1. The van der Waals surface area contributed by atoms with E-state index >= 15 is 0 Å². The lowest BCUT2D eigenvalue weighted by molar-refractivity contribution is 0.313. The Hall–Kier alpha value is -2.17. The number of benzene rings is 3. The van der Waals surface area contributed by atoms with Gasteiger partial charge in [-0.1, -0.05) is 36.4 Å². The minimum atomic E-state index is -1.26. The van der Waals surface area contributed by atoms with Crippen LogP contribution in [0.2, 0.25) is 0 Å². The van der Waals surface area contributed by atoms with Crippen LogP contribution in [0.25, 0.3) is 10.8 Å². The second-order valence-corrected chi connectivity index (χ2v) is 7.56. The molecule has 0 saturated carbocycles. The Kier molecular flexibility index (Phi) is 4.08. The fraction of sp³-hybridized carbons (Fsp3) is 0.200. The van der Waals surface area contributed by atoms with E-state index in [2.05, 4.69) is 34.9 Å². The van der Waals surface area contributed by atoms with Gasteiger partial charge in [0, 0.05) is 18.8 Å². The lowest BCUT2D eigenvalue weighted by Gasteiger charge is -2.25. The number of nitrogens with zero attached hydrogens (tertiary/aromatic N) is 1. The van der Waals surface area contributed by atoms with Crippen molar-refractivity contribution in [2.75, 3.05) is 18.3 Å². The molecule has 122 valence electrons. The topological polar surface area (TPSA) is 32.3 Å². The van der Waals surface area contributed by atoms with E-state index in [9.17, 15) is 4.21 Å². The number of rotatable bonds is 3. The van der Waals surface area contributed by atoms with Crippen molar-refractivity contribution in [3.8, 4) is 0 Å². The van der Waals surface area contributed by atoms with Crippen LogP contribution in [0.15, 0.2) is 65.6 Å². The van der Waals surface area contributed by atoms with Crippen LogP contribution in [0.4, 0.5) is 5.69 Å². The average Bonchev–Trinajstić information content (AvgIpc) is 2.61. The van der Waals surface area contributed by atoms with E-state index in [1.54, 1.807) is 0 Å². The first kappa shape index (κ1) is 15.4. The highest BCUT2D eigenvalue weighted by Gasteiger charge is 2.14. The van der Waals surface area contributed by atoms with E-state index < -0.39 is 11.0 Å². The average molecular weight is 336 g/mol. The van der Waals surface area contributed by atoms with Gasteiger partial charge in [0.1, 0.15) is 11.0 Å². The van der Waals surface area contributed by atoms with Gasteiger partial charge in [-0.2, -0.15) is 0 Å². The molecule has 0 bridgehead atoms. The molecular formula is C20H20N2OS. The third kappa shape index (κ3) is 3.07. The maximum atomic E-state index is 12.7. The van der Waals surface area contributed by atoms with Crippen molar-refractivity contribution in [2.45, 2.75) is 17.9 Å². The van der Waals surface area contributed by atoms with Gasteiger partial charge in [0.15, 0.2) is 0 Å². The van der Waals surface area contributed by atoms with E-state index in [1.807, 2.05) is 42.5 Å². The molecule has 24 heavy (non-hydrogen) atoms. The highest BCUT2D eigenvalue weighted by Crippen LogP contribution is 2.24. The number of fused-ring (bicyclic) bond motifs is 2. The summed E-state index contributed by atoms with van der Waals surface area (Å²) in [6.45, 7) is 2.06. The summed E-state index contributed by atoms with van der Waals surface area (Å²) >= 11 is 0. The van der Waals surface area contributed by atoms with E-state index in [1.165, 1.54) is 11.1 Å². The first-order valence-electron chi connectivity index (χ1n) is 8.17. The van der Waals surface area contributed by atoms with Crippen LogP contribution in [0.3, 0.4) is 0 Å².